The minimum Gasteiger partial charge on any atom is -0.459 e. The summed E-state index contributed by atoms with van der Waals surface area (Å²) < 4.78 is 51.8. The van der Waals surface area contributed by atoms with Gasteiger partial charge in [-0.05, 0) is 119 Å². The fourth-order valence-corrected chi connectivity index (χ4v) is 10.3. The molecule has 17 nitrogen and oxygen atoms in total. The quantitative estimate of drug-likeness (QED) is 0.117. The molecule has 0 aliphatic carbocycles. The number of ether oxygens (including phenoxy) is 6. The third kappa shape index (κ3) is 13.6. The van der Waals surface area contributed by atoms with Gasteiger partial charge in [-0.2, -0.15) is 0 Å². The maximum atomic E-state index is 14.5. The van der Waals surface area contributed by atoms with Gasteiger partial charge in [0.25, 0.3) is 0 Å². The van der Waals surface area contributed by atoms with Crippen LogP contribution >= 0.6 is 0 Å². The Kier molecular flexibility index (Phi) is 19.8. The number of methoxy groups -OCH3 is 1. The molecule has 66 heavy (non-hydrogen) atoms. The average molecular weight is 943 g/mol. The van der Waals surface area contributed by atoms with Crippen molar-refractivity contribution < 1.29 is 67.9 Å². The molecule has 0 unspecified atom stereocenters. The Bertz CT molecular complexity index is 1730. The summed E-state index contributed by atoms with van der Waals surface area (Å²) in [5.74, 6) is -3.44. The van der Waals surface area contributed by atoms with Gasteiger partial charge in [0.1, 0.15) is 35.8 Å². The van der Waals surface area contributed by atoms with Gasteiger partial charge in [0, 0.05) is 56.9 Å². The SMILES string of the molecule is CC[C@H]1OC(=O)[C@H](C)[C@@H](O[C@H]2C[C@@](C)(OC)[C@@H](O)[C@H](C)O2)[C@H](C)[C@@H](O[C@@H]2O[C@H](C)C[C@H](N(C)C)[C@H]2O)[C@](C)(O)C[C@@H](C)CN(CCCNC(=O)Nc2cc(F)ccc2C)[C@H](C)[C@@H](O)[C@]1(C)O. The molecule has 1 aromatic rings. The molecule has 0 bridgehead atoms. The molecular formula is C48H83FN4O13. The van der Waals surface area contributed by atoms with Gasteiger partial charge in [-0.3, -0.25) is 9.69 Å². The normalized spacial score (nSPS) is 41.4. The lowest BCUT2D eigenvalue weighted by atomic mass is 9.77. The molecule has 3 fully saturated rings. The molecule has 18 atom stereocenters. The summed E-state index contributed by atoms with van der Waals surface area (Å²) in [4.78, 5) is 31.2. The lowest BCUT2D eigenvalue weighted by Gasteiger charge is -2.48. The van der Waals surface area contributed by atoms with Gasteiger partial charge in [-0.1, -0.05) is 26.8 Å². The molecule has 0 radical (unpaired) electrons. The van der Waals surface area contributed by atoms with Crippen LogP contribution in [0.25, 0.3) is 0 Å². The Hall–Kier alpha value is -2.59. The Morgan fingerprint density at radius 2 is 1.67 bits per heavy atom. The van der Waals surface area contributed by atoms with Crippen LogP contribution in [-0.4, -0.2) is 178 Å². The number of anilines is 1. The molecule has 18 heteroatoms. The zero-order valence-corrected chi connectivity index (χ0v) is 41.8. The van der Waals surface area contributed by atoms with E-state index in [4.69, 9.17) is 28.4 Å². The number of nitrogens with zero attached hydrogens (tertiary/aromatic N) is 2. The number of aliphatic hydroxyl groups excluding tert-OH is 3. The smallest absolute Gasteiger partial charge is 0.319 e. The summed E-state index contributed by atoms with van der Waals surface area (Å²) in [6, 6.07) is 2.56. The Morgan fingerprint density at radius 1 is 1.00 bits per heavy atom. The highest BCUT2D eigenvalue weighted by atomic mass is 19.1. The van der Waals surface area contributed by atoms with E-state index >= 15 is 0 Å². The standard InChI is InChI=1S/C48H83FN4O13/c1-15-36-48(11,60)40(55)31(7)53(20-16-19-50-45(58)51-34-22-33(49)18-17-27(34)3)25-26(2)23-46(9,59)42(66-44-38(54)35(52(12)13)21-28(4)62-44)29(5)39(30(6)43(57)64-36)65-37-24-47(10,61-14)41(56)32(8)63-37/h17-18,22,26,28-32,35-42,44,54-56,59-60H,15-16,19-21,23-25H2,1-14H3,(H2,50,51,58)/t26-,28-,29+,30-,31-,32+,35+,36-,37+,38-,39+,40-,41+,42-,44+,46-,47-,48-/m1/s1. The van der Waals surface area contributed by atoms with Gasteiger partial charge < -0.3 is 69.5 Å². The Balaban J connectivity index is 1.74. The summed E-state index contributed by atoms with van der Waals surface area (Å²) in [6.07, 6.45) is -8.87. The van der Waals surface area contributed by atoms with Crippen molar-refractivity contribution in [3.05, 3.63) is 29.6 Å². The third-order valence-electron chi connectivity index (χ3n) is 14.4. The van der Waals surface area contributed by atoms with Crippen LogP contribution in [0.4, 0.5) is 14.9 Å². The number of nitrogens with one attached hydrogen (secondary N) is 2. The maximum absolute atomic E-state index is 14.5. The number of hydrogen-bond donors (Lipinski definition) is 7. The van der Waals surface area contributed by atoms with E-state index in [9.17, 15) is 39.5 Å². The van der Waals surface area contributed by atoms with Gasteiger partial charge in [-0.15, -0.1) is 0 Å². The zero-order valence-electron chi connectivity index (χ0n) is 41.8. The van der Waals surface area contributed by atoms with Gasteiger partial charge in [0.2, 0.25) is 0 Å². The number of halogens is 1. The number of urea groups is 1. The molecule has 7 N–H and O–H groups in total. The van der Waals surface area contributed by atoms with Crippen molar-refractivity contribution >= 4 is 17.7 Å². The van der Waals surface area contributed by atoms with Crippen molar-refractivity contribution in [2.75, 3.05) is 46.2 Å². The van der Waals surface area contributed by atoms with Crippen molar-refractivity contribution in [2.24, 2.45) is 17.8 Å². The predicted octanol–water partition coefficient (Wildman–Crippen LogP) is 3.93. The highest BCUT2D eigenvalue weighted by molar-refractivity contribution is 5.90. The molecule has 2 amide bonds. The van der Waals surface area contributed by atoms with Crippen LogP contribution in [0.1, 0.15) is 107 Å². The number of hydrogen-bond acceptors (Lipinski definition) is 15. The van der Waals surface area contributed by atoms with E-state index in [1.807, 2.05) is 37.7 Å². The van der Waals surface area contributed by atoms with Gasteiger partial charge in [0.05, 0.1) is 41.5 Å². The minimum atomic E-state index is -1.95. The van der Waals surface area contributed by atoms with E-state index in [-0.39, 0.29) is 43.9 Å². The molecular weight excluding hydrogens is 860 g/mol. The van der Waals surface area contributed by atoms with Crippen LogP contribution < -0.4 is 10.6 Å². The van der Waals surface area contributed by atoms with Crippen LogP contribution in [0.2, 0.25) is 0 Å². The number of cyclic esters (lactones) is 1. The molecule has 3 aliphatic rings. The van der Waals surface area contributed by atoms with E-state index in [2.05, 4.69) is 10.6 Å². The molecule has 3 heterocycles. The third-order valence-corrected chi connectivity index (χ3v) is 14.4. The van der Waals surface area contributed by atoms with E-state index in [0.29, 0.717) is 37.2 Å². The molecule has 380 valence electrons. The molecule has 0 spiro atoms. The van der Waals surface area contributed by atoms with Crippen molar-refractivity contribution in [1.82, 2.24) is 15.1 Å². The summed E-state index contributed by atoms with van der Waals surface area (Å²) in [7, 11) is 5.22. The van der Waals surface area contributed by atoms with E-state index in [1.54, 1.807) is 61.5 Å². The van der Waals surface area contributed by atoms with Crippen molar-refractivity contribution in [3.8, 4) is 0 Å². The van der Waals surface area contributed by atoms with Crippen molar-refractivity contribution in [1.29, 1.82) is 0 Å². The Labute approximate surface area is 392 Å². The number of esters is 1. The zero-order chi connectivity index (χ0) is 49.6. The largest absolute Gasteiger partial charge is 0.459 e. The lowest BCUT2D eigenvalue weighted by Crippen LogP contribution is -2.60. The second kappa shape index (κ2) is 23.3. The second-order valence-corrected chi connectivity index (χ2v) is 20.4. The second-order valence-electron chi connectivity index (χ2n) is 20.4. The number of likely N-dealkylation sites (N-methyl/N-ethyl adjacent to an activating group) is 1. The first kappa shape index (κ1) is 56.0. The molecule has 0 saturated carbocycles. The summed E-state index contributed by atoms with van der Waals surface area (Å²) >= 11 is 0. The summed E-state index contributed by atoms with van der Waals surface area (Å²) in [6.45, 7) is 19.9. The summed E-state index contributed by atoms with van der Waals surface area (Å²) in [5, 5.41) is 65.3. The van der Waals surface area contributed by atoms with Crippen LogP contribution in [0.15, 0.2) is 18.2 Å². The van der Waals surface area contributed by atoms with E-state index < -0.39 is 108 Å². The van der Waals surface area contributed by atoms with Crippen LogP contribution in [0.5, 0.6) is 0 Å². The summed E-state index contributed by atoms with van der Waals surface area (Å²) in [5.41, 5.74) is -3.66. The van der Waals surface area contributed by atoms with E-state index in [0.717, 1.165) is 0 Å². The fraction of sp³-hybridized carbons (Fsp3) is 0.833. The number of aryl methyl sites for hydroxylation is 1. The minimum absolute atomic E-state index is 0.0878. The molecule has 0 aromatic heterocycles. The highest BCUT2D eigenvalue weighted by Gasteiger charge is 2.53. The molecule has 1 aromatic carbocycles. The molecule has 3 saturated heterocycles. The first-order valence-electron chi connectivity index (χ1n) is 23.7. The Morgan fingerprint density at radius 3 is 2.29 bits per heavy atom. The predicted molar refractivity (Wildman–Crippen MR) is 246 cm³/mol. The topological polar surface area (TPSA) is 221 Å². The monoisotopic (exact) mass is 943 g/mol. The van der Waals surface area contributed by atoms with Gasteiger partial charge in [0.15, 0.2) is 12.6 Å². The number of carbonyl (C=O) groups excluding carboxylic acids is 2. The number of amides is 2. The van der Waals surface area contributed by atoms with Gasteiger partial charge >= 0.3 is 12.0 Å². The van der Waals surface area contributed by atoms with Gasteiger partial charge in [-0.25, -0.2) is 9.18 Å². The van der Waals surface area contributed by atoms with Crippen molar-refractivity contribution in [2.45, 2.75) is 199 Å². The lowest BCUT2D eigenvalue weighted by molar-refractivity contribution is -0.318. The van der Waals surface area contributed by atoms with Crippen molar-refractivity contribution in [3.63, 3.8) is 0 Å². The number of aliphatic hydroxyl groups is 5. The van der Waals surface area contributed by atoms with Crippen LogP contribution in [0.3, 0.4) is 0 Å². The fourth-order valence-electron chi connectivity index (χ4n) is 10.3. The highest BCUT2D eigenvalue weighted by Crippen LogP contribution is 2.40. The average Bonchev–Trinajstić information content (AvgIpc) is 3.24. The van der Waals surface area contributed by atoms with E-state index in [1.165, 1.54) is 26.2 Å². The molecule has 4 rings (SSSR count). The van der Waals surface area contributed by atoms with Crippen LogP contribution in [0, 0.1) is 30.5 Å². The maximum Gasteiger partial charge on any atom is 0.319 e. The first-order valence-corrected chi connectivity index (χ1v) is 23.7. The molecule has 3 aliphatic heterocycles. The first-order chi connectivity index (χ1) is 30.7. The number of rotatable bonds is 12. The number of benzene rings is 1. The number of carbonyl (C=O) groups is 2. The van der Waals surface area contributed by atoms with Crippen LogP contribution in [-0.2, 0) is 33.2 Å².